The fourth-order valence-electron chi connectivity index (χ4n) is 1.79. The maximum atomic E-state index is 6.13. The van der Waals surface area contributed by atoms with E-state index < -0.39 is 0 Å². The minimum absolute atomic E-state index is 0.399. The van der Waals surface area contributed by atoms with Gasteiger partial charge in [-0.05, 0) is 17.7 Å². The van der Waals surface area contributed by atoms with E-state index in [1.54, 1.807) is 11.3 Å². The van der Waals surface area contributed by atoms with Crippen LogP contribution in [0.1, 0.15) is 11.3 Å². The van der Waals surface area contributed by atoms with Crippen LogP contribution in [0.2, 0.25) is 5.02 Å². The Bertz CT molecular complexity index is 678. The molecule has 1 aromatic carbocycles. The van der Waals surface area contributed by atoms with Gasteiger partial charge in [0.05, 0.1) is 10.7 Å². The molecule has 0 bridgehead atoms. The molecule has 0 amide bonds. The van der Waals surface area contributed by atoms with E-state index in [-0.39, 0.29) is 0 Å². The number of benzene rings is 1. The van der Waals surface area contributed by atoms with Crippen LogP contribution in [0.15, 0.2) is 36.0 Å². The largest absolute Gasteiger partial charge is 0.486 e. The van der Waals surface area contributed by atoms with Crippen molar-refractivity contribution in [1.82, 2.24) is 9.38 Å². The number of ether oxygens (including phenoxy) is 1. The molecule has 0 spiro atoms. The third-order valence-corrected chi connectivity index (χ3v) is 3.82. The molecular formula is C13H12ClN3OS. The average molecular weight is 294 g/mol. The van der Waals surface area contributed by atoms with Crippen LogP contribution >= 0.6 is 22.9 Å². The second-order valence-corrected chi connectivity index (χ2v) is 5.36. The van der Waals surface area contributed by atoms with E-state index in [1.165, 1.54) is 0 Å². The van der Waals surface area contributed by atoms with Crippen LogP contribution in [0.3, 0.4) is 0 Å². The number of hydrogen-bond donors (Lipinski definition) is 1. The van der Waals surface area contributed by atoms with Crippen LogP contribution in [0.5, 0.6) is 5.75 Å². The van der Waals surface area contributed by atoms with Gasteiger partial charge in [0.15, 0.2) is 4.96 Å². The molecular weight excluding hydrogens is 282 g/mol. The van der Waals surface area contributed by atoms with Gasteiger partial charge in [0.25, 0.3) is 0 Å². The van der Waals surface area contributed by atoms with Gasteiger partial charge in [-0.25, -0.2) is 4.98 Å². The Labute approximate surface area is 119 Å². The van der Waals surface area contributed by atoms with Gasteiger partial charge < -0.3 is 10.5 Å². The van der Waals surface area contributed by atoms with Gasteiger partial charge in [-0.1, -0.05) is 17.7 Å². The summed E-state index contributed by atoms with van der Waals surface area (Å²) in [7, 11) is 0. The Kier molecular flexibility index (Phi) is 3.42. The maximum Gasteiger partial charge on any atom is 0.193 e. The summed E-state index contributed by atoms with van der Waals surface area (Å²) in [5, 5.41) is 2.57. The molecule has 0 fully saturated rings. The molecule has 2 heterocycles. The van der Waals surface area contributed by atoms with Crippen molar-refractivity contribution in [3.05, 3.63) is 52.3 Å². The van der Waals surface area contributed by atoms with E-state index in [1.807, 2.05) is 40.4 Å². The normalized spacial score (nSPS) is 11.1. The Balaban J connectivity index is 1.73. The molecule has 2 aromatic heterocycles. The number of nitrogens with two attached hydrogens (primary N) is 1. The van der Waals surface area contributed by atoms with Gasteiger partial charge in [0.2, 0.25) is 0 Å². The highest BCUT2D eigenvalue weighted by Gasteiger charge is 2.06. The predicted molar refractivity (Wildman–Crippen MR) is 76.7 cm³/mol. The summed E-state index contributed by atoms with van der Waals surface area (Å²) in [6.45, 7) is 0.868. The lowest BCUT2D eigenvalue weighted by atomic mass is 10.2. The van der Waals surface area contributed by atoms with E-state index in [0.717, 1.165) is 16.2 Å². The molecule has 0 atom stereocenters. The number of halogens is 1. The lowest BCUT2D eigenvalue weighted by Gasteiger charge is -2.07. The molecule has 3 aromatic rings. The van der Waals surface area contributed by atoms with Crippen LogP contribution in [-0.4, -0.2) is 9.38 Å². The first-order valence-corrected chi connectivity index (χ1v) is 7.04. The molecule has 0 aliphatic rings. The summed E-state index contributed by atoms with van der Waals surface area (Å²) in [5.74, 6) is 0.648. The maximum absolute atomic E-state index is 6.13. The zero-order chi connectivity index (χ0) is 13.2. The van der Waals surface area contributed by atoms with Crippen LogP contribution in [0.25, 0.3) is 4.96 Å². The Morgan fingerprint density at radius 1 is 1.42 bits per heavy atom. The number of thiazole rings is 1. The fourth-order valence-corrected chi connectivity index (χ4v) is 2.76. The topological polar surface area (TPSA) is 52.5 Å². The molecule has 19 heavy (non-hydrogen) atoms. The van der Waals surface area contributed by atoms with Crippen molar-refractivity contribution in [2.75, 3.05) is 0 Å². The SMILES string of the molecule is NCc1ccc(OCc2cn3ccsc3n2)c(Cl)c1. The highest BCUT2D eigenvalue weighted by Crippen LogP contribution is 2.26. The van der Waals surface area contributed by atoms with E-state index in [9.17, 15) is 0 Å². The number of nitrogens with zero attached hydrogens (tertiary/aromatic N) is 2. The number of rotatable bonds is 4. The highest BCUT2D eigenvalue weighted by atomic mass is 35.5. The summed E-state index contributed by atoms with van der Waals surface area (Å²) < 4.78 is 7.65. The third-order valence-electron chi connectivity index (χ3n) is 2.75. The van der Waals surface area contributed by atoms with Crippen molar-refractivity contribution in [2.45, 2.75) is 13.2 Å². The van der Waals surface area contributed by atoms with E-state index in [4.69, 9.17) is 22.1 Å². The predicted octanol–water partition coefficient (Wildman–Crippen LogP) is 3.09. The van der Waals surface area contributed by atoms with Crippen molar-refractivity contribution in [3.8, 4) is 5.75 Å². The van der Waals surface area contributed by atoms with Crippen LogP contribution in [-0.2, 0) is 13.2 Å². The van der Waals surface area contributed by atoms with Crippen LogP contribution in [0.4, 0.5) is 0 Å². The number of hydrogen-bond acceptors (Lipinski definition) is 4. The lowest BCUT2D eigenvalue weighted by Crippen LogP contribution is -1.99. The van der Waals surface area contributed by atoms with Crippen molar-refractivity contribution in [1.29, 1.82) is 0 Å². The monoisotopic (exact) mass is 293 g/mol. The molecule has 0 aliphatic heterocycles. The van der Waals surface area contributed by atoms with Gasteiger partial charge in [0, 0.05) is 24.3 Å². The summed E-state index contributed by atoms with van der Waals surface area (Å²) in [6, 6.07) is 5.57. The van der Waals surface area contributed by atoms with Gasteiger partial charge >= 0.3 is 0 Å². The smallest absolute Gasteiger partial charge is 0.193 e. The Hall–Kier alpha value is -1.56. The standard InChI is InChI=1S/C13H12ClN3OS/c14-11-5-9(6-15)1-2-12(11)18-8-10-7-17-3-4-19-13(17)16-10/h1-5,7H,6,8,15H2. The first-order chi connectivity index (χ1) is 9.26. The lowest BCUT2D eigenvalue weighted by molar-refractivity contribution is 0.302. The third kappa shape index (κ3) is 2.58. The molecule has 0 saturated carbocycles. The minimum atomic E-state index is 0.399. The average Bonchev–Trinajstić information content (AvgIpc) is 2.98. The van der Waals surface area contributed by atoms with E-state index in [2.05, 4.69) is 4.98 Å². The Morgan fingerprint density at radius 2 is 2.32 bits per heavy atom. The molecule has 0 aliphatic carbocycles. The second-order valence-electron chi connectivity index (χ2n) is 4.08. The van der Waals surface area contributed by atoms with E-state index in [0.29, 0.717) is 23.9 Å². The van der Waals surface area contributed by atoms with Crippen molar-refractivity contribution in [2.24, 2.45) is 5.73 Å². The molecule has 98 valence electrons. The molecule has 2 N–H and O–H groups in total. The summed E-state index contributed by atoms with van der Waals surface area (Å²) >= 11 is 7.72. The van der Waals surface area contributed by atoms with Gasteiger partial charge in [-0.2, -0.15) is 0 Å². The van der Waals surface area contributed by atoms with Crippen LogP contribution in [0, 0.1) is 0 Å². The highest BCUT2D eigenvalue weighted by molar-refractivity contribution is 7.15. The summed E-state index contributed by atoms with van der Waals surface area (Å²) in [6.07, 6.45) is 3.92. The second kappa shape index (κ2) is 5.21. The van der Waals surface area contributed by atoms with Gasteiger partial charge in [-0.3, -0.25) is 4.40 Å². The van der Waals surface area contributed by atoms with Crippen molar-refractivity contribution < 1.29 is 4.74 Å². The zero-order valence-corrected chi connectivity index (χ0v) is 11.6. The number of aromatic nitrogens is 2. The van der Waals surface area contributed by atoms with Crippen molar-refractivity contribution >= 4 is 27.9 Å². The van der Waals surface area contributed by atoms with Gasteiger partial charge in [0.1, 0.15) is 12.4 Å². The van der Waals surface area contributed by atoms with Gasteiger partial charge in [-0.15, -0.1) is 11.3 Å². The molecule has 0 radical (unpaired) electrons. The first-order valence-electron chi connectivity index (χ1n) is 5.78. The summed E-state index contributed by atoms with van der Waals surface area (Å²) in [5.41, 5.74) is 7.42. The quantitative estimate of drug-likeness (QED) is 0.804. The zero-order valence-electron chi connectivity index (χ0n) is 10.0. The van der Waals surface area contributed by atoms with E-state index >= 15 is 0 Å². The number of imidazole rings is 1. The first kappa shape index (κ1) is 12.5. The summed E-state index contributed by atoms with van der Waals surface area (Å²) in [4.78, 5) is 5.41. The minimum Gasteiger partial charge on any atom is -0.486 e. The molecule has 0 unspecified atom stereocenters. The molecule has 4 nitrogen and oxygen atoms in total. The Morgan fingerprint density at radius 3 is 3.05 bits per heavy atom. The van der Waals surface area contributed by atoms with Crippen LogP contribution < -0.4 is 10.5 Å². The molecule has 0 saturated heterocycles. The molecule has 3 rings (SSSR count). The molecule has 6 heteroatoms. The fraction of sp³-hybridized carbons (Fsp3) is 0.154. The van der Waals surface area contributed by atoms with Crippen molar-refractivity contribution in [3.63, 3.8) is 0 Å². The number of fused-ring (bicyclic) bond motifs is 1.